The van der Waals surface area contributed by atoms with Crippen LogP contribution in [0.1, 0.15) is 32.3 Å². The lowest BCUT2D eigenvalue weighted by Crippen LogP contribution is -2.36. The zero-order chi connectivity index (χ0) is 18.7. The van der Waals surface area contributed by atoms with E-state index in [1.807, 2.05) is 0 Å². The summed E-state index contributed by atoms with van der Waals surface area (Å²) in [5, 5.41) is 3.31. The van der Waals surface area contributed by atoms with E-state index >= 15 is 0 Å². The van der Waals surface area contributed by atoms with Crippen molar-refractivity contribution in [3.63, 3.8) is 0 Å². The standard InChI is InChI=1S/C18H25ClN2O4/c1-3-25-18(24)9-12-21(11-4-10-20-14(2)22)17(23)13-15-5-7-16(19)8-6-15/h5-8H,3-4,9-13H2,1-2H3,(H,20,22). The van der Waals surface area contributed by atoms with Gasteiger partial charge >= 0.3 is 5.97 Å². The molecule has 0 aliphatic carbocycles. The number of carbonyl (C=O) groups excluding carboxylic acids is 3. The Bertz CT molecular complexity index is 575. The number of nitrogens with zero attached hydrogens (tertiary/aromatic N) is 1. The number of ether oxygens (including phenoxy) is 1. The number of halogens is 1. The molecule has 1 aromatic carbocycles. The predicted molar refractivity (Wildman–Crippen MR) is 96.3 cm³/mol. The lowest BCUT2D eigenvalue weighted by Gasteiger charge is -2.22. The van der Waals surface area contributed by atoms with Crippen molar-refractivity contribution in [2.75, 3.05) is 26.2 Å². The molecule has 0 unspecified atom stereocenters. The van der Waals surface area contributed by atoms with Gasteiger partial charge in [-0.15, -0.1) is 0 Å². The smallest absolute Gasteiger partial charge is 0.307 e. The molecule has 138 valence electrons. The summed E-state index contributed by atoms with van der Waals surface area (Å²) in [5.41, 5.74) is 0.859. The lowest BCUT2D eigenvalue weighted by atomic mass is 10.1. The van der Waals surface area contributed by atoms with Crippen LogP contribution in [0, 0.1) is 0 Å². The van der Waals surface area contributed by atoms with Gasteiger partial charge in [-0.1, -0.05) is 23.7 Å². The molecule has 0 aliphatic heterocycles. The Balaban J connectivity index is 2.60. The second kappa shape index (κ2) is 11.5. The zero-order valence-electron chi connectivity index (χ0n) is 14.7. The summed E-state index contributed by atoms with van der Waals surface area (Å²) in [7, 11) is 0. The maximum absolute atomic E-state index is 12.5. The first-order valence-corrected chi connectivity index (χ1v) is 8.72. The molecule has 0 aliphatic rings. The molecule has 0 radical (unpaired) electrons. The summed E-state index contributed by atoms with van der Waals surface area (Å²) in [6.45, 7) is 4.76. The van der Waals surface area contributed by atoms with Crippen LogP contribution in [-0.4, -0.2) is 48.9 Å². The van der Waals surface area contributed by atoms with Crippen LogP contribution < -0.4 is 5.32 Å². The summed E-state index contributed by atoms with van der Waals surface area (Å²) in [5.74, 6) is -0.506. The Morgan fingerprint density at radius 1 is 1.16 bits per heavy atom. The largest absolute Gasteiger partial charge is 0.466 e. The van der Waals surface area contributed by atoms with Gasteiger partial charge in [0, 0.05) is 31.6 Å². The van der Waals surface area contributed by atoms with Crippen molar-refractivity contribution in [2.45, 2.75) is 33.1 Å². The second-order valence-electron chi connectivity index (χ2n) is 5.58. The van der Waals surface area contributed by atoms with E-state index in [9.17, 15) is 14.4 Å². The summed E-state index contributed by atoms with van der Waals surface area (Å²) >= 11 is 5.85. The van der Waals surface area contributed by atoms with Crippen molar-refractivity contribution in [3.05, 3.63) is 34.9 Å². The molecule has 0 heterocycles. The van der Waals surface area contributed by atoms with E-state index in [4.69, 9.17) is 16.3 Å². The van der Waals surface area contributed by atoms with Gasteiger partial charge < -0.3 is 15.0 Å². The highest BCUT2D eigenvalue weighted by Gasteiger charge is 2.16. The van der Waals surface area contributed by atoms with Crippen LogP contribution in [0.4, 0.5) is 0 Å². The van der Waals surface area contributed by atoms with E-state index < -0.39 is 0 Å². The quantitative estimate of drug-likeness (QED) is 0.507. The van der Waals surface area contributed by atoms with Gasteiger partial charge in [-0.3, -0.25) is 14.4 Å². The molecule has 0 bridgehead atoms. The van der Waals surface area contributed by atoms with Crippen LogP contribution in [0.3, 0.4) is 0 Å². The van der Waals surface area contributed by atoms with Crippen LogP contribution in [-0.2, 0) is 25.5 Å². The SMILES string of the molecule is CCOC(=O)CCN(CCCNC(C)=O)C(=O)Cc1ccc(Cl)cc1. The van der Waals surface area contributed by atoms with Crippen LogP contribution in [0.15, 0.2) is 24.3 Å². The van der Waals surface area contributed by atoms with Crippen molar-refractivity contribution in [1.82, 2.24) is 10.2 Å². The topological polar surface area (TPSA) is 75.7 Å². The fourth-order valence-electron chi connectivity index (χ4n) is 2.24. The fourth-order valence-corrected chi connectivity index (χ4v) is 2.37. The van der Waals surface area contributed by atoms with Gasteiger partial charge in [-0.25, -0.2) is 0 Å². The Labute approximate surface area is 153 Å². The number of amides is 2. The molecule has 0 saturated carbocycles. The second-order valence-corrected chi connectivity index (χ2v) is 6.01. The predicted octanol–water partition coefficient (Wildman–Crippen LogP) is 2.19. The third-order valence-electron chi connectivity index (χ3n) is 3.49. The van der Waals surface area contributed by atoms with Crippen LogP contribution >= 0.6 is 11.6 Å². The summed E-state index contributed by atoms with van der Waals surface area (Å²) in [6.07, 6.45) is 1.01. The van der Waals surface area contributed by atoms with E-state index in [2.05, 4.69) is 5.32 Å². The maximum atomic E-state index is 12.5. The summed E-state index contributed by atoms with van der Waals surface area (Å²) < 4.78 is 4.91. The molecule has 2 amide bonds. The van der Waals surface area contributed by atoms with E-state index in [1.54, 1.807) is 36.1 Å². The van der Waals surface area contributed by atoms with Gasteiger partial charge in [0.25, 0.3) is 0 Å². The Hall–Kier alpha value is -2.08. The molecule has 1 rings (SSSR count). The highest BCUT2D eigenvalue weighted by atomic mass is 35.5. The van der Waals surface area contributed by atoms with Gasteiger partial charge in [0.2, 0.25) is 11.8 Å². The molecule has 0 saturated heterocycles. The van der Waals surface area contributed by atoms with E-state index in [-0.39, 0.29) is 30.6 Å². The van der Waals surface area contributed by atoms with Crippen molar-refractivity contribution in [1.29, 1.82) is 0 Å². The monoisotopic (exact) mass is 368 g/mol. The third kappa shape index (κ3) is 9.10. The van der Waals surface area contributed by atoms with Crippen molar-refractivity contribution < 1.29 is 19.1 Å². The van der Waals surface area contributed by atoms with Crippen LogP contribution in [0.2, 0.25) is 5.02 Å². The molecule has 0 fully saturated rings. The summed E-state index contributed by atoms with van der Waals surface area (Å²) in [4.78, 5) is 36.6. The molecule has 25 heavy (non-hydrogen) atoms. The highest BCUT2D eigenvalue weighted by molar-refractivity contribution is 6.30. The van der Waals surface area contributed by atoms with Crippen LogP contribution in [0.25, 0.3) is 0 Å². The van der Waals surface area contributed by atoms with Gasteiger partial charge in [-0.2, -0.15) is 0 Å². The average molecular weight is 369 g/mol. The van der Waals surface area contributed by atoms with Crippen molar-refractivity contribution in [2.24, 2.45) is 0 Å². The van der Waals surface area contributed by atoms with E-state index in [0.29, 0.717) is 37.7 Å². The number of hydrogen-bond acceptors (Lipinski definition) is 4. The Morgan fingerprint density at radius 3 is 2.44 bits per heavy atom. The Kier molecular flexibility index (Phi) is 9.62. The number of esters is 1. The van der Waals surface area contributed by atoms with E-state index in [1.165, 1.54) is 6.92 Å². The third-order valence-corrected chi connectivity index (χ3v) is 3.74. The minimum absolute atomic E-state index is 0.0746. The van der Waals surface area contributed by atoms with Gasteiger partial charge in [0.05, 0.1) is 19.4 Å². The van der Waals surface area contributed by atoms with E-state index in [0.717, 1.165) is 5.56 Å². The lowest BCUT2D eigenvalue weighted by molar-refractivity contribution is -0.144. The number of hydrogen-bond donors (Lipinski definition) is 1. The first-order valence-electron chi connectivity index (χ1n) is 8.34. The maximum Gasteiger partial charge on any atom is 0.307 e. The molecule has 7 heteroatoms. The molecule has 1 N–H and O–H groups in total. The normalized spacial score (nSPS) is 10.2. The molecule has 0 atom stereocenters. The molecular formula is C18H25ClN2O4. The van der Waals surface area contributed by atoms with Gasteiger partial charge in [0.1, 0.15) is 0 Å². The molecule has 6 nitrogen and oxygen atoms in total. The zero-order valence-corrected chi connectivity index (χ0v) is 15.5. The molecule has 0 aromatic heterocycles. The fraction of sp³-hybridized carbons (Fsp3) is 0.500. The molecule has 0 spiro atoms. The number of benzene rings is 1. The first kappa shape index (κ1) is 21.0. The Morgan fingerprint density at radius 2 is 1.84 bits per heavy atom. The van der Waals surface area contributed by atoms with Gasteiger partial charge in [-0.05, 0) is 31.0 Å². The molecular weight excluding hydrogens is 344 g/mol. The van der Waals surface area contributed by atoms with Crippen LogP contribution in [0.5, 0.6) is 0 Å². The minimum Gasteiger partial charge on any atom is -0.466 e. The number of rotatable bonds is 10. The minimum atomic E-state index is -0.325. The first-order chi connectivity index (χ1) is 11.9. The number of carbonyl (C=O) groups is 3. The summed E-state index contributed by atoms with van der Waals surface area (Å²) in [6, 6.07) is 7.09. The van der Waals surface area contributed by atoms with Gasteiger partial charge in [0.15, 0.2) is 0 Å². The van der Waals surface area contributed by atoms with Crippen molar-refractivity contribution in [3.8, 4) is 0 Å². The van der Waals surface area contributed by atoms with Crippen molar-refractivity contribution >= 4 is 29.4 Å². The molecule has 1 aromatic rings. The highest BCUT2D eigenvalue weighted by Crippen LogP contribution is 2.11. The number of nitrogens with one attached hydrogen (secondary N) is 1. The average Bonchev–Trinajstić information content (AvgIpc) is 2.56.